The van der Waals surface area contributed by atoms with Crippen LogP contribution in [-0.4, -0.2) is 37.7 Å². The van der Waals surface area contributed by atoms with Crippen LogP contribution in [-0.2, 0) is 27.7 Å². The first-order chi connectivity index (χ1) is 12.6. The van der Waals surface area contributed by atoms with E-state index in [-0.39, 0.29) is 18.4 Å². The molecule has 3 rings (SSSR count). The van der Waals surface area contributed by atoms with Crippen LogP contribution in [0.15, 0.2) is 42.5 Å². The number of hydrogen-bond acceptors (Lipinski definition) is 4. The van der Waals surface area contributed by atoms with Gasteiger partial charge in [0.1, 0.15) is 0 Å². The van der Waals surface area contributed by atoms with E-state index in [1.165, 1.54) is 10.6 Å². The van der Waals surface area contributed by atoms with Crippen molar-refractivity contribution in [2.75, 3.05) is 15.9 Å². The largest absolute Gasteiger partial charge is 0.481 e. The maximum Gasteiger partial charge on any atom is 0.307 e. The number of rotatable bonds is 5. The quantitative estimate of drug-likeness (QED) is 0.818. The Morgan fingerprint density at radius 2 is 1.96 bits per heavy atom. The van der Waals surface area contributed by atoms with Crippen LogP contribution in [0.5, 0.6) is 0 Å². The van der Waals surface area contributed by atoms with Crippen LogP contribution in [0.1, 0.15) is 28.4 Å². The molecule has 0 unspecified atom stereocenters. The van der Waals surface area contributed by atoms with Crippen molar-refractivity contribution in [1.82, 2.24) is 0 Å². The summed E-state index contributed by atoms with van der Waals surface area (Å²) in [5.41, 5.74) is 2.92. The first kappa shape index (κ1) is 18.9. The molecule has 7 nitrogen and oxygen atoms in total. The summed E-state index contributed by atoms with van der Waals surface area (Å²) in [7, 11) is -3.38. The Labute approximate surface area is 157 Å². The molecular formula is C19H20N2O5S. The van der Waals surface area contributed by atoms with Gasteiger partial charge < -0.3 is 10.4 Å². The van der Waals surface area contributed by atoms with Crippen LogP contribution in [0.25, 0.3) is 0 Å². The number of nitrogens with one attached hydrogen (secondary N) is 1. The molecule has 2 aromatic carbocycles. The van der Waals surface area contributed by atoms with Gasteiger partial charge in [-0.05, 0) is 54.8 Å². The molecule has 2 aromatic rings. The zero-order chi connectivity index (χ0) is 19.8. The van der Waals surface area contributed by atoms with Crippen LogP contribution in [0.4, 0.5) is 11.4 Å². The lowest BCUT2D eigenvalue weighted by Gasteiger charge is -2.21. The molecule has 0 spiro atoms. The molecule has 1 aliphatic rings. The minimum atomic E-state index is -3.38. The highest BCUT2D eigenvalue weighted by Gasteiger charge is 2.32. The van der Waals surface area contributed by atoms with Gasteiger partial charge >= 0.3 is 5.97 Å². The fourth-order valence-corrected chi connectivity index (χ4v) is 4.65. The van der Waals surface area contributed by atoms with Crippen molar-refractivity contribution in [2.45, 2.75) is 25.8 Å². The monoisotopic (exact) mass is 388 g/mol. The summed E-state index contributed by atoms with van der Waals surface area (Å²) in [5.74, 6) is -1.28. The van der Waals surface area contributed by atoms with Crippen molar-refractivity contribution in [2.24, 2.45) is 0 Å². The summed E-state index contributed by atoms with van der Waals surface area (Å²) in [5, 5.41) is 11.6. The predicted molar refractivity (Wildman–Crippen MR) is 103 cm³/mol. The minimum Gasteiger partial charge on any atom is -0.481 e. The maximum absolute atomic E-state index is 12.5. The summed E-state index contributed by atoms with van der Waals surface area (Å²) in [6.45, 7) is 1.83. The first-order valence-electron chi connectivity index (χ1n) is 8.39. The molecule has 0 aliphatic carbocycles. The fourth-order valence-electron chi connectivity index (χ4n) is 3.39. The second-order valence-electron chi connectivity index (χ2n) is 6.68. The van der Waals surface area contributed by atoms with E-state index in [2.05, 4.69) is 5.32 Å². The van der Waals surface area contributed by atoms with Gasteiger partial charge in [-0.15, -0.1) is 0 Å². The van der Waals surface area contributed by atoms with E-state index in [1.54, 1.807) is 42.5 Å². The molecule has 1 atom stereocenters. The van der Waals surface area contributed by atoms with E-state index in [9.17, 15) is 18.0 Å². The molecule has 0 saturated carbocycles. The Balaban J connectivity index is 1.82. The van der Waals surface area contributed by atoms with Crippen molar-refractivity contribution >= 4 is 33.3 Å². The van der Waals surface area contributed by atoms with Crippen LogP contribution >= 0.6 is 0 Å². The van der Waals surface area contributed by atoms with Gasteiger partial charge in [0, 0.05) is 17.3 Å². The van der Waals surface area contributed by atoms with Crippen molar-refractivity contribution in [3.63, 3.8) is 0 Å². The third-order valence-electron chi connectivity index (χ3n) is 4.39. The van der Waals surface area contributed by atoms with Crippen molar-refractivity contribution < 1.29 is 23.1 Å². The zero-order valence-electron chi connectivity index (χ0n) is 15.0. The number of amides is 1. The molecule has 0 bridgehead atoms. The zero-order valence-corrected chi connectivity index (χ0v) is 15.8. The van der Waals surface area contributed by atoms with Crippen LogP contribution in [0.2, 0.25) is 0 Å². The van der Waals surface area contributed by atoms with Gasteiger partial charge in [0.05, 0.1) is 18.4 Å². The summed E-state index contributed by atoms with van der Waals surface area (Å²) in [6.07, 6.45) is 1.59. The highest BCUT2D eigenvalue weighted by molar-refractivity contribution is 7.92. The highest BCUT2D eigenvalue weighted by Crippen LogP contribution is 2.34. The molecule has 0 radical (unpaired) electrons. The Hall–Kier alpha value is -2.87. The first-order valence-corrected chi connectivity index (χ1v) is 10.2. The standard InChI is InChI=1S/C19H20N2O5S/c1-12-8-15-11-14(6-7-17(15)21(12)27(2,25)26)19(24)20-16-5-3-4-13(9-16)10-18(22)23/h3-7,9,11-12H,8,10H2,1-2H3,(H,20,24)(H,22,23)/t12-/m0/s1. The molecule has 1 heterocycles. The summed E-state index contributed by atoms with van der Waals surface area (Å²) in [4.78, 5) is 23.4. The lowest BCUT2D eigenvalue weighted by Crippen LogP contribution is -2.34. The number of aliphatic carboxylic acids is 1. The average molecular weight is 388 g/mol. The second kappa shape index (κ2) is 7.03. The number of nitrogens with zero attached hydrogens (tertiary/aromatic N) is 1. The number of fused-ring (bicyclic) bond motifs is 1. The van der Waals surface area contributed by atoms with Crippen molar-refractivity contribution in [1.29, 1.82) is 0 Å². The van der Waals surface area contributed by atoms with E-state index in [0.29, 0.717) is 28.9 Å². The van der Waals surface area contributed by atoms with Gasteiger partial charge in [-0.1, -0.05) is 12.1 Å². The van der Waals surface area contributed by atoms with E-state index in [1.807, 2.05) is 6.92 Å². The molecule has 0 fully saturated rings. The fraction of sp³-hybridized carbons (Fsp3) is 0.263. The lowest BCUT2D eigenvalue weighted by molar-refractivity contribution is -0.136. The van der Waals surface area contributed by atoms with E-state index < -0.39 is 16.0 Å². The topological polar surface area (TPSA) is 104 Å². The maximum atomic E-state index is 12.5. The Bertz CT molecular complexity index is 1020. The Morgan fingerprint density at radius 1 is 1.22 bits per heavy atom. The molecule has 27 heavy (non-hydrogen) atoms. The van der Waals surface area contributed by atoms with E-state index in [0.717, 1.165) is 5.56 Å². The number of anilines is 2. The van der Waals surface area contributed by atoms with Crippen molar-refractivity contribution in [3.05, 3.63) is 59.2 Å². The lowest BCUT2D eigenvalue weighted by atomic mass is 10.1. The molecule has 0 aromatic heterocycles. The van der Waals surface area contributed by atoms with Gasteiger partial charge in [-0.2, -0.15) is 0 Å². The van der Waals surface area contributed by atoms with Gasteiger partial charge in [0.2, 0.25) is 10.0 Å². The molecule has 1 aliphatic heterocycles. The number of carboxylic acid groups (broad SMARTS) is 1. The highest BCUT2D eigenvalue weighted by atomic mass is 32.2. The molecular weight excluding hydrogens is 368 g/mol. The number of carboxylic acids is 1. The van der Waals surface area contributed by atoms with Crippen LogP contribution in [0, 0.1) is 0 Å². The number of hydrogen-bond donors (Lipinski definition) is 2. The van der Waals surface area contributed by atoms with E-state index in [4.69, 9.17) is 5.11 Å². The number of benzene rings is 2. The number of carbonyl (C=O) groups excluding carboxylic acids is 1. The summed E-state index contributed by atoms with van der Waals surface area (Å²) >= 11 is 0. The smallest absolute Gasteiger partial charge is 0.307 e. The number of carbonyl (C=O) groups is 2. The van der Waals surface area contributed by atoms with Crippen molar-refractivity contribution in [3.8, 4) is 0 Å². The molecule has 1 amide bonds. The summed E-state index contributed by atoms with van der Waals surface area (Å²) < 4.78 is 25.3. The van der Waals surface area contributed by atoms with Gasteiger partial charge in [0.25, 0.3) is 5.91 Å². The molecule has 2 N–H and O–H groups in total. The summed E-state index contributed by atoms with van der Waals surface area (Å²) in [6, 6.07) is 11.4. The minimum absolute atomic E-state index is 0.123. The van der Waals surface area contributed by atoms with Gasteiger partial charge in [-0.25, -0.2) is 8.42 Å². The molecule has 0 saturated heterocycles. The second-order valence-corrected chi connectivity index (χ2v) is 8.54. The Morgan fingerprint density at radius 3 is 2.63 bits per heavy atom. The normalized spacial score (nSPS) is 16.1. The van der Waals surface area contributed by atoms with Crippen LogP contribution in [0.3, 0.4) is 0 Å². The SMILES string of the molecule is C[C@H]1Cc2cc(C(=O)Nc3cccc(CC(=O)O)c3)ccc2N1S(C)(=O)=O. The van der Waals surface area contributed by atoms with Gasteiger partial charge in [0.15, 0.2) is 0 Å². The molecule has 142 valence electrons. The predicted octanol–water partition coefficient (Wildman–Crippen LogP) is 2.28. The Kier molecular flexibility index (Phi) is 4.93. The third kappa shape index (κ3) is 4.11. The van der Waals surface area contributed by atoms with Crippen LogP contribution < -0.4 is 9.62 Å². The van der Waals surface area contributed by atoms with E-state index >= 15 is 0 Å². The average Bonchev–Trinajstić information content (AvgIpc) is 2.89. The van der Waals surface area contributed by atoms with Gasteiger partial charge in [-0.3, -0.25) is 13.9 Å². The number of sulfonamides is 1. The third-order valence-corrected chi connectivity index (χ3v) is 5.66. The molecule has 8 heteroatoms.